The van der Waals surface area contributed by atoms with Gasteiger partial charge in [-0.15, -0.1) is 11.3 Å². The van der Waals surface area contributed by atoms with Gasteiger partial charge in [0.25, 0.3) is 0 Å². The fourth-order valence-electron chi connectivity index (χ4n) is 4.70. The second-order valence-corrected chi connectivity index (χ2v) is 10.2. The summed E-state index contributed by atoms with van der Waals surface area (Å²) in [5, 5.41) is 6.35. The van der Waals surface area contributed by atoms with Gasteiger partial charge in [0.1, 0.15) is 0 Å². The third-order valence-electron chi connectivity index (χ3n) is 6.75. The number of imidazole rings is 1. The smallest absolute Gasteiger partial charge is 0.416 e. The number of rotatable bonds is 8. The fraction of sp³-hybridized carbons (Fsp3) is 0.167. The zero-order chi connectivity index (χ0) is 29.4. The molecule has 0 spiro atoms. The van der Waals surface area contributed by atoms with E-state index in [1.165, 1.54) is 33.5 Å². The van der Waals surface area contributed by atoms with Gasteiger partial charge in [-0.2, -0.15) is 13.2 Å². The highest BCUT2D eigenvalue weighted by molar-refractivity contribution is 7.17. The molecule has 0 saturated carbocycles. The molecule has 0 amide bonds. The summed E-state index contributed by atoms with van der Waals surface area (Å²) in [7, 11) is 4.60. The average Bonchev–Trinajstić information content (AvgIpc) is 3.61. The molecule has 0 unspecified atom stereocenters. The van der Waals surface area contributed by atoms with Gasteiger partial charge in [0.05, 0.1) is 39.8 Å². The number of aromatic nitrogens is 4. The Bertz CT molecular complexity index is 1880. The molecule has 214 valence electrons. The van der Waals surface area contributed by atoms with Gasteiger partial charge >= 0.3 is 6.18 Å². The Morgan fingerprint density at radius 2 is 1.62 bits per heavy atom. The normalized spacial score (nSPS) is 11.7. The molecule has 3 aromatic carbocycles. The van der Waals surface area contributed by atoms with E-state index in [1.807, 2.05) is 29.6 Å². The molecule has 0 aliphatic rings. The lowest BCUT2D eigenvalue weighted by molar-refractivity contribution is -0.137. The van der Waals surface area contributed by atoms with Gasteiger partial charge < -0.3 is 24.1 Å². The highest BCUT2D eigenvalue weighted by atomic mass is 32.1. The maximum atomic E-state index is 13.1. The molecule has 1 N–H and O–H groups in total. The van der Waals surface area contributed by atoms with Crippen LogP contribution in [0, 0.1) is 0 Å². The summed E-state index contributed by atoms with van der Waals surface area (Å²) in [4.78, 5) is 14.3. The minimum atomic E-state index is -4.40. The number of methoxy groups -OCH3 is 3. The first kappa shape index (κ1) is 27.3. The highest BCUT2D eigenvalue weighted by Gasteiger charge is 2.30. The molecule has 6 aromatic rings. The zero-order valence-corrected chi connectivity index (χ0v) is 23.5. The lowest BCUT2D eigenvalue weighted by atomic mass is 10.1. The van der Waals surface area contributed by atoms with Crippen LogP contribution in [0.3, 0.4) is 0 Å². The molecule has 0 atom stereocenters. The number of alkyl halides is 3. The van der Waals surface area contributed by atoms with Crippen molar-refractivity contribution in [3.05, 3.63) is 83.5 Å². The first-order valence-electron chi connectivity index (χ1n) is 12.7. The van der Waals surface area contributed by atoms with Crippen LogP contribution in [0.25, 0.3) is 32.6 Å². The molecule has 42 heavy (non-hydrogen) atoms. The summed E-state index contributed by atoms with van der Waals surface area (Å²) in [5.74, 6) is 2.28. The van der Waals surface area contributed by atoms with E-state index >= 15 is 0 Å². The molecule has 0 radical (unpaired) electrons. The predicted molar refractivity (Wildman–Crippen MR) is 156 cm³/mol. The molecule has 3 aromatic heterocycles. The van der Waals surface area contributed by atoms with Crippen LogP contribution in [0.1, 0.15) is 11.1 Å². The van der Waals surface area contributed by atoms with Gasteiger partial charge in [-0.1, -0.05) is 30.3 Å². The van der Waals surface area contributed by atoms with E-state index in [9.17, 15) is 13.2 Å². The molecule has 3 heterocycles. The lowest BCUT2D eigenvalue weighted by Gasteiger charge is -2.15. The minimum Gasteiger partial charge on any atom is -0.493 e. The van der Waals surface area contributed by atoms with Crippen molar-refractivity contribution in [2.45, 2.75) is 12.7 Å². The maximum Gasteiger partial charge on any atom is 0.416 e. The Morgan fingerprint density at radius 3 is 2.29 bits per heavy atom. The quantitative estimate of drug-likeness (QED) is 0.196. The third-order valence-corrected chi connectivity index (χ3v) is 7.71. The number of hydrogen-bond acceptors (Lipinski definition) is 8. The number of hydrogen-bond donors (Lipinski definition) is 1. The van der Waals surface area contributed by atoms with Crippen molar-refractivity contribution >= 4 is 44.1 Å². The summed E-state index contributed by atoms with van der Waals surface area (Å²) >= 11 is 1.59. The number of ether oxygens (including phenoxy) is 3. The second kappa shape index (κ2) is 10.9. The Labute approximate surface area is 242 Å². The van der Waals surface area contributed by atoms with Crippen molar-refractivity contribution in [3.63, 3.8) is 0 Å². The van der Waals surface area contributed by atoms with Gasteiger partial charge in [0.15, 0.2) is 34.3 Å². The number of fused-ring (bicyclic) bond motifs is 2. The number of nitrogens with one attached hydrogen (secondary N) is 1. The van der Waals surface area contributed by atoms with Crippen LogP contribution in [0.15, 0.2) is 72.4 Å². The Balaban J connectivity index is 1.47. The summed E-state index contributed by atoms with van der Waals surface area (Å²) < 4.78 is 58.6. The van der Waals surface area contributed by atoms with Crippen LogP contribution in [-0.2, 0) is 12.7 Å². The number of halogens is 3. The van der Waals surface area contributed by atoms with Crippen LogP contribution >= 0.6 is 11.3 Å². The van der Waals surface area contributed by atoms with E-state index in [-0.39, 0.29) is 6.54 Å². The Morgan fingerprint density at radius 1 is 0.905 bits per heavy atom. The average molecular weight is 592 g/mol. The number of thiophene rings is 1. The van der Waals surface area contributed by atoms with Crippen molar-refractivity contribution in [2.75, 3.05) is 26.6 Å². The van der Waals surface area contributed by atoms with Crippen LogP contribution in [0.5, 0.6) is 17.2 Å². The largest absolute Gasteiger partial charge is 0.493 e. The van der Waals surface area contributed by atoms with Gasteiger partial charge in [-0.3, -0.25) is 0 Å². The van der Waals surface area contributed by atoms with Crippen molar-refractivity contribution in [3.8, 4) is 28.6 Å². The highest BCUT2D eigenvalue weighted by Crippen LogP contribution is 2.41. The van der Waals surface area contributed by atoms with E-state index in [0.29, 0.717) is 51.3 Å². The lowest BCUT2D eigenvalue weighted by Crippen LogP contribution is -2.06. The molecule has 0 fully saturated rings. The van der Waals surface area contributed by atoms with Gasteiger partial charge in [-0.05, 0) is 23.8 Å². The van der Waals surface area contributed by atoms with Crippen molar-refractivity contribution < 1.29 is 27.4 Å². The monoisotopic (exact) mass is 591 g/mol. The van der Waals surface area contributed by atoms with E-state index in [4.69, 9.17) is 24.2 Å². The van der Waals surface area contributed by atoms with Crippen LogP contribution in [0.4, 0.5) is 24.7 Å². The van der Waals surface area contributed by atoms with Gasteiger partial charge in [0, 0.05) is 38.8 Å². The van der Waals surface area contributed by atoms with Crippen molar-refractivity contribution in [1.82, 2.24) is 19.5 Å². The molecular weight excluding hydrogens is 567 g/mol. The maximum absolute atomic E-state index is 13.1. The molecule has 12 heteroatoms. The first-order chi connectivity index (χ1) is 20.3. The topological polar surface area (TPSA) is 83.3 Å². The zero-order valence-electron chi connectivity index (χ0n) is 22.7. The van der Waals surface area contributed by atoms with Crippen LogP contribution < -0.4 is 19.5 Å². The number of nitrogens with zero attached hydrogens (tertiary/aromatic N) is 4. The molecule has 6 rings (SSSR count). The Hall–Kier alpha value is -4.84. The van der Waals surface area contributed by atoms with Gasteiger partial charge in [-0.25, -0.2) is 15.0 Å². The molecule has 0 aliphatic heterocycles. The summed E-state index contributed by atoms with van der Waals surface area (Å²) in [6.07, 6.45) is -2.80. The summed E-state index contributed by atoms with van der Waals surface area (Å²) in [5.41, 5.74) is 2.44. The summed E-state index contributed by atoms with van der Waals surface area (Å²) in [6, 6.07) is 16.6. The standard InChI is InChI=1S/C30H24F3N5O3S/c1-39-22-12-19(13-23(40-2)26(22)41-3)35-28-25-29(37-27(36-28)21-15-42-24-7-5-4-6-20(21)24)38(16-34-25)14-17-8-10-18(11-9-17)30(31,32)33/h4-13,15-16H,14H2,1-3H3,(H,35,36,37). The van der Waals surface area contributed by atoms with Crippen molar-refractivity contribution in [1.29, 1.82) is 0 Å². The van der Waals surface area contributed by atoms with Crippen LogP contribution in [0.2, 0.25) is 0 Å². The molecule has 8 nitrogen and oxygen atoms in total. The SMILES string of the molecule is COc1cc(Nc2nc(-c3csc4ccccc34)nc3c2ncn3Cc2ccc(C(F)(F)F)cc2)cc(OC)c1OC. The summed E-state index contributed by atoms with van der Waals surface area (Å²) in [6.45, 7) is 0.263. The predicted octanol–water partition coefficient (Wildman–Crippen LogP) is 7.54. The third kappa shape index (κ3) is 5.05. The Kier molecular flexibility index (Phi) is 7.07. The minimum absolute atomic E-state index is 0.263. The molecule has 0 saturated heterocycles. The van der Waals surface area contributed by atoms with E-state index in [1.54, 1.807) is 34.4 Å². The number of benzene rings is 3. The van der Waals surface area contributed by atoms with E-state index in [0.717, 1.165) is 27.8 Å². The van der Waals surface area contributed by atoms with Crippen LogP contribution in [-0.4, -0.2) is 40.8 Å². The second-order valence-electron chi connectivity index (χ2n) is 9.32. The van der Waals surface area contributed by atoms with Gasteiger partial charge in [0.2, 0.25) is 5.75 Å². The first-order valence-corrected chi connectivity index (χ1v) is 13.6. The van der Waals surface area contributed by atoms with E-state index in [2.05, 4.69) is 10.3 Å². The van der Waals surface area contributed by atoms with Crippen molar-refractivity contribution in [2.24, 2.45) is 0 Å². The van der Waals surface area contributed by atoms with E-state index < -0.39 is 11.7 Å². The fourth-order valence-corrected chi connectivity index (χ4v) is 5.64. The molecule has 0 bridgehead atoms. The number of anilines is 2. The molecular formula is C30H24F3N5O3S. The molecule has 0 aliphatic carbocycles.